The van der Waals surface area contributed by atoms with Gasteiger partial charge in [0, 0.05) is 118 Å². The van der Waals surface area contributed by atoms with Gasteiger partial charge in [-0.2, -0.15) is 4.89 Å². The Balaban J connectivity index is 0.00000397. The van der Waals surface area contributed by atoms with Gasteiger partial charge in [0.15, 0.2) is 5.78 Å². The predicted octanol–water partition coefficient (Wildman–Crippen LogP) is 3.89. The van der Waals surface area contributed by atoms with Gasteiger partial charge in [-0.25, -0.2) is 10.1 Å². The van der Waals surface area contributed by atoms with Gasteiger partial charge in [-0.3, -0.25) is 14.4 Å². The Bertz CT molecular complexity index is 2220. The first-order valence-electron chi connectivity index (χ1n) is 20.5. The number of hydrogen-bond acceptors (Lipinski definition) is 16. The molecule has 344 valence electrons. The molecule has 2 radical (unpaired) electrons. The maximum atomic E-state index is 15.3. The van der Waals surface area contributed by atoms with Gasteiger partial charge in [0.2, 0.25) is 8.38 Å². The molecule has 10 unspecified atom stereocenters. The van der Waals surface area contributed by atoms with E-state index in [1.165, 1.54) is 19.1 Å². The van der Waals surface area contributed by atoms with Crippen molar-refractivity contribution in [2.75, 3.05) is 6.61 Å². The van der Waals surface area contributed by atoms with Crippen LogP contribution in [0.25, 0.3) is 0 Å². The van der Waals surface area contributed by atoms with Crippen LogP contribution >= 0.6 is 8.38 Å². The Kier molecular flexibility index (Phi) is 18.0. The number of Topliss-reactive ketones (excluding diaryl/α,β-unsaturated/α-hetero) is 1. The first-order valence-corrected chi connectivity index (χ1v) is 21.8. The van der Waals surface area contributed by atoms with E-state index >= 15 is 4.79 Å². The second-order valence-corrected chi connectivity index (χ2v) is 18.5. The van der Waals surface area contributed by atoms with Crippen LogP contribution in [0.3, 0.4) is 0 Å². The molecular formula is C45H52Ac2NO16P. The summed E-state index contributed by atoms with van der Waals surface area (Å²) in [6.07, 6.45) is -8.83. The average Bonchev–Trinajstić information content (AvgIpc) is 3.26. The number of amides is 1. The number of ether oxygens (including phenoxy) is 4. The average molecular weight is 1350 g/mol. The van der Waals surface area contributed by atoms with E-state index in [0.717, 1.165) is 0 Å². The smallest absolute Gasteiger partial charge is 0.338 e. The molecule has 3 aliphatic carbocycles. The van der Waals surface area contributed by atoms with Crippen molar-refractivity contribution in [2.24, 2.45) is 22.7 Å². The van der Waals surface area contributed by atoms with Gasteiger partial charge in [0.1, 0.15) is 29.5 Å². The monoisotopic (exact) mass is 1350 g/mol. The van der Waals surface area contributed by atoms with Crippen molar-refractivity contribution in [1.82, 2.24) is 5.32 Å². The molecular weight excluding hydrogens is 1300 g/mol. The molecule has 0 spiro atoms. The van der Waals surface area contributed by atoms with E-state index in [1.54, 1.807) is 107 Å². The molecule has 2 saturated carbocycles. The Labute approximate surface area is 448 Å². The van der Waals surface area contributed by atoms with Crippen molar-refractivity contribution in [1.29, 1.82) is 0 Å². The number of benzene rings is 3. The van der Waals surface area contributed by atoms with Crippen molar-refractivity contribution in [2.45, 2.75) is 101 Å². The second-order valence-electron chi connectivity index (χ2n) is 17.5. The molecule has 3 aromatic carbocycles. The van der Waals surface area contributed by atoms with Gasteiger partial charge in [0.05, 0.1) is 41.8 Å². The number of hydrogen-bond donors (Lipinski definition) is 7. The molecule has 1 heterocycles. The molecule has 7 rings (SSSR count). The first kappa shape index (κ1) is 54.3. The van der Waals surface area contributed by atoms with Gasteiger partial charge in [-0.15, -0.1) is 0 Å². The zero-order chi connectivity index (χ0) is 45.6. The molecule has 17 nitrogen and oxygen atoms in total. The van der Waals surface area contributed by atoms with Crippen LogP contribution in [0, 0.1) is 111 Å². The van der Waals surface area contributed by atoms with E-state index in [9.17, 15) is 39.5 Å². The van der Waals surface area contributed by atoms with Crippen LogP contribution in [0.4, 0.5) is 0 Å². The minimum atomic E-state index is -3.18. The Morgan fingerprint density at radius 1 is 0.877 bits per heavy atom. The summed E-state index contributed by atoms with van der Waals surface area (Å²) in [5.74, 6) is -5.94. The molecule has 12 atom stereocenters. The standard InChI is InChI=1S/C45H52NO16P.2Ac/c1-24-29(58-39(50)25(2)33(26-15-9-6-10-16-26)46-38(49)27-17-11-7-12-18-27)22-45(53)37(60-40(51)28-19-13-8-14-20-28)35-43(5,36(48)34(47)32(24)42(45,3)4)30(21-31-44(35,52)23-57-31)59-41(61-62-54)63(55)56;;/h6-20,25,29-31,33-35,37,41,47,52-56H,21-23H2,1-5H3,(H,46,49);;/t25-,29?,30?,31?,33?,34?,35?,37?,41?,43-,44?,45?;;/m1../s1. The minimum Gasteiger partial charge on any atom is -0.457 e. The Morgan fingerprint density at radius 3 is 1.98 bits per heavy atom. The van der Waals surface area contributed by atoms with Crippen molar-refractivity contribution in [3.05, 3.63) is 119 Å². The SMILES string of the molecule is CC1=C2C(O)C(=O)[C@]3(C)C(OC(OOO)P(O)O)CC4OCC4(O)C3C(OC(=O)c3ccccc3)C(O)(CC1OC(=O)[C@H](C)C(NC(=O)c1ccccc1)c1ccccc1)C2(C)C.[Ac].[Ac]. The third-order valence-corrected chi connectivity index (χ3v) is 14.4. The second kappa shape index (κ2) is 21.6. The van der Waals surface area contributed by atoms with Crippen LogP contribution in [0.2, 0.25) is 0 Å². The zero-order valence-electron chi connectivity index (χ0n) is 36.3. The third-order valence-electron chi connectivity index (χ3n) is 13.8. The van der Waals surface area contributed by atoms with Gasteiger partial charge in [-0.1, -0.05) is 85.6 Å². The fourth-order valence-corrected chi connectivity index (χ4v) is 10.6. The van der Waals surface area contributed by atoms with Crippen molar-refractivity contribution in [3.63, 3.8) is 0 Å². The van der Waals surface area contributed by atoms with Gasteiger partial charge in [0.25, 0.3) is 11.9 Å². The van der Waals surface area contributed by atoms with E-state index in [2.05, 4.69) is 15.2 Å². The number of carbonyl (C=O) groups excluding carboxylic acids is 4. The first-order chi connectivity index (χ1) is 29.8. The van der Waals surface area contributed by atoms with E-state index in [1.807, 2.05) is 0 Å². The molecule has 4 aliphatic rings. The summed E-state index contributed by atoms with van der Waals surface area (Å²) in [5.41, 5.74) is -7.11. The maximum Gasteiger partial charge on any atom is 0.338 e. The molecule has 1 aliphatic heterocycles. The molecule has 2 bridgehead atoms. The van der Waals surface area contributed by atoms with Crippen LogP contribution in [-0.2, 0) is 38.5 Å². The topological polar surface area (TPSA) is 257 Å². The Morgan fingerprint density at radius 2 is 1.45 bits per heavy atom. The van der Waals surface area contributed by atoms with Crippen molar-refractivity contribution >= 4 is 32.0 Å². The Hall–Kier alpha value is -1.61. The summed E-state index contributed by atoms with van der Waals surface area (Å²) in [7, 11) is -3.18. The van der Waals surface area contributed by atoms with Crippen LogP contribution in [0.15, 0.2) is 102 Å². The van der Waals surface area contributed by atoms with Gasteiger partial charge >= 0.3 is 11.9 Å². The molecule has 65 heavy (non-hydrogen) atoms. The largest absolute Gasteiger partial charge is 0.457 e. The number of esters is 2. The number of fused-ring (bicyclic) bond motifs is 5. The number of ketones is 1. The van der Waals surface area contributed by atoms with Crippen LogP contribution < -0.4 is 5.32 Å². The summed E-state index contributed by atoms with van der Waals surface area (Å²) in [6, 6.07) is 22.0. The summed E-state index contributed by atoms with van der Waals surface area (Å²) in [4.78, 5) is 82.4. The molecule has 3 fully saturated rings. The van der Waals surface area contributed by atoms with E-state index < -0.39 is 121 Å². The predicted molar refractivity (Wildman–Crippen MR) is 221 cm³/mol. The third kappa shape index (κ3) is 9.93. The fourth-order valence-electron chi connectivity index (χ4n) is 10.2. The molecule has 20 heteroatoms. The molecule has 1 saturated heterocycles. The molecule has 7 N–H and O–H groups in total. The number of aliphatic hydroxyl groups excluding tert-OH is 1. The normalized spacial score (nSPS) is 31.4. The summed E-state index contributed by atoms with van der Waals surface area (Å²) in [6.45, 7) is 7.12. The molecule has 1 amide bonds. The quantitative estimate of drug-likeness (QED) is 0.0320. The molecule has 0 aromatic heterocycles. The van der Waals surface area contributed by atoms with Crippen LogP contribution in [0.1, 0.15) is 79.8 Å². The van der Waals surface area contributed by atoms with Crippen LogP contribution in [-0.4, -0.2) is 108 Å². The van der Waals surface area contributed by atoms with Gasteiger partial charge < -0.3 is 49.4 Å². The molecule has 3 aromatic rings. The number of carbonyl (C=O) groups is 4. The number of rotatable bonds is 13. The van der Waals surface area contributed by atoms with E-state index in [-0.39, 0.29) is 111 Å². The number of nitrogens with one attached hydrogen (secondary N) is 1. The van der Waals surface area contributed by atoms with Crippen LogP contribution in [0.5, 0.6) is 0 Å². The van der Waals surface area contributed by atoms with E-state index in [0.29, 0.717) is 11.1 Å². The van der Waals surface area contributed by atoms with E-state index in [4.69, 9.17) is 24.2 Å². The van der Waals surface area contributed by atoms with Crippen molar-refractivity contribution < 1.29 is 167 Å². The zero-order valence-corrected chi connectivity index (χ0v) is 46.7. The summed E-state index contributed by atoms with van der Waals surface area (Å²) < 4.78 is 24.3. The number of aliphatic hydroxyl groups is 3. The van der Waals surface area contributed by atoms with Gasteiger partial charge in [-0.05, 0) is 61.7 Å². The summed E-state index contributed by atoms with van der Waals surface area (Å²) in [5, 5.41) is 54.3. The summed E-state index contributed by atoms with van der Waals surface area (Å²) >= 11 is 0. The maximum absolute atomic E-state index is 15.3. The minimum absolute atomic E-state index is 0. The fraction of sp³-hybridized carbons (Fsp3) is 0.467. The van der Waals surface area contributed by atoms with Crippen molar-refractivity contribution in [3.8, 4) is 0 Å².